The van der Waals surface area contributed by atoms with Crippen molar-refractivity contribution in [2.45, 2.75) is 5.16 Å². The number of methoxy groups -OCH3 is 1. The highest BCUT2D eigenvalue weighted by molar-refractivity contribution is 7.99. The maximum Gasteiger partial charge on any atom is 0.269 e. The van der Waals surface area contributed by atoms with Gasteiger partial charge in [0.1, 0.15) is 5.75 Å². The van der Waals surface area contributed by atoms with Crippen molar-refractivity contribution in [2.75, 3.05) is 18.2 Å². The number of para-hydroxylation sites is 2. The molecular formula is C23H19N5O4S. The number of nitrogens with one attached hydrogen (secondary N) is 1. The van der Waals surface area contributed by atoms with Gasteiger partial charge in [0.25, 0.3) is 5.69 Å². The first-order chi connectivity index (χ1) is 16.1. The van der Waals surface area contributed by atoms with Gasteiger partial charge in [-0.2, -0.15) is 0 Å². The second-order valence-corrected chi connectivity index (χ2v) is 7.76. The minimum Gasteiger partial charge on any atom is -0.496 e. The molecule has 33 heavy (non-hydrogen) atoms. The standard InChI is InChI=1S/C23H19N5O4S/c1-32-20-10-6-5-9-19(20)22-25-26-23(27(22)17-7-3-2-4-8-17)33-15-21(29)24-16-11-13-18(14-12-16)28(30)31/h2-14H,15H2,1H3,(H,24,29). The SMILES string of the molecule is COc1ccccc1-c1nnc(SCC(=O)Nc2ccc([N+](=O)[O-])cc2)n1-c1ccccc1. The van der Waals surface area contributed by atoms with E-state index in [2.05, 4.69) is 15.5 Å². The van der Waals surface area contributed by atoms with Crippen LogP contribution in [0.3, 0.4) is 0 Å². The van der Waals surface area contributed by atoms with E-state index in [1.165, 1.54) is 36.0 Å². The summed E-state index contributed by atoms with van der Waals surface area (Å²) in [5.74, 6) is 1.07. The molecule has 0 radical (unpaired) electrons. The molecule has 1 aromatic heterocycles. The smallest absolute Gasteiger partial charge is 0.269 e. The van der Waals surface area contributed by atoms with Crippen molar-refractivity contribution in [2.24, 2.45) is 0 Å². The highest BCUT2D eigenvalue weighted by atomic mass is 32.2. The van der Waals surface area contributed by atoms with Gasteiger partial charge in [-0.3, -0.25) is 19.5 Å². The number of nitro groups is 1. The summed E-state index contributed by atoms with van der Waals surface area (Å²) in [5, 5.41) is 22.8. The lowest BCUT2D eigenvalue weighted by atomic mass is 10.2. The lowest BCUT2D eigenvalue weighted by Crippen LogP contribution is -2.14. The van der Waals surface area contributed by atoms with Gasteiger partial charge in [-0.25, -0.2) is 0 Å². The summed E-state index contributed by atoms with van der Waals surface area (Å²) in [7, 11) is 1.60. The highest BCUT2D eigenvalue weighted by Crippen LogP contribution is 2.33. The number of nitrogens with zero attached hydrogens (tertiary/aromatic N) is 4. The number of rotatable bonds is 8. The molecule has 0 unspecified atom stereocenters. The number of thioether (sulfide) groups is 1. The molecule has 0 spiro atoms. The monoisotopic (exact) mass is 461 g/mol. The Balaban J connectivity index is 1.57. The first kappa shape index (κ1) is 22.0. The minimum atomic E-state index is -0.489. The second kappa shape index (κ2) is 9.96. The van der Waals surface area contributed by atoms with E-state index in [1.54, 1.807) is 7.11 Å². The minimum absolute atomic E-state index is 0.0396. The third-order valence-corrected chi connectivity index (χ3v) is 5.62. The zero-order chi connectivity index (χ0) is 23.2. The average molecular weight is 462 g/mol. The molecule has 0 aliphatic heterocycles. The van der Waals surface area contributed by atoms with Gasteiger partial charge in [-0.1, -0.05) is 42.1 Å². The number of anilines is 1. The van der Waals surface area contributed by atoms with Crippen molar-refractivity contribution in [1.29, 1.82) is 0 Å². The van der Waals surface area contributed by atoms with Crippen LogP contribution < -0.4 is 10.1 Å². The van der Waals surface area contributed by atoms with Crippen molar-refractivity contribution in [1.82, 2.24) is 14.8 Å². The summed E-state index contributed by atoms with van der Waals surface area (Å²) in [4.78, 5) is 22.8. The summed E-state index contributed by atoms with van der Waals surface area (Å²) in [6.45, 7) is 0. The molecule has 0 saturated carbocycles. The number of carbonyl (C=O) groups is 1. The van der Waals surface area contributed by atoms with Crippen LogP contribution in [-0.2, 0) is 4.79 Å². The lowest BCUT2D eigenvalue weighted by Gasteiger charge is -2.12. The van der Waals surface area contributed by atoms with Gasteiger partial charge >= 0.3 is 0 Å². The van der Waals surface area contributed by atoms with Gasteiger partial charge in [-0.15, -0.1) is 10.2 Å². The molecule has 4 rings (SSSR count). The van der Waals surface area contributed by atoms with Crippen LogP contribution in [-0.4, -0.2) is 38.5 Å². The predicted molar refractivity (Wildman–Crippen MR) is 126 cm³/mol. The number of carbonyl (C=O) groups excluding carboxylic acids is 1. The molecule has 0 saturated heterocycles. The topological polar surface area (TPSA) is 112 Å². The maximum atomic E-state index is 12.5. The number of hydrogen-bond acceptors (Lipinski definition) is 7. The fraction of sp³-hybridized carbons (Fsp3) is 0.0870. The molecule has 0 aliphatic rings. The highest BCUT2D eigenvalue weighted by Gasteiger charge is 2.19. The van der Waals surface area contributed by atoms with Crippen molar-refractivity contribution < 1.29 is 14.5 Å². The summed E-state index contributed by atoms with van der Waals surface area (Å²) in [5.41, 5.74) is 2.06. The molecule has 1 heterocycles. The molecule has 166 valence electrons. The predicted octanol–water partition coefficient (Wildman–Crippen LogP) is 4.58. The Morgan fingerprint density at radius 1 is 1.03 bits per heavy atom. The number of ether oxygens (including phenoxy) is 1. The molecule has 0 bridgehead atoms. The van der Waals surface area contributed by atoms with E-state index < -0.39 is 4.92 Å². The molecule has 9 nitrogen and oxygen atoms in total. The Bertz CT molecular complexity index is 1280. The number of aromatic nitrogens is 3. The summed E-state index contributed by atoms with van der Waals surface area (Å²) in [6, 6.07) is 22.8. The van der Waals surface area contributed by atoms with Crippen LogP contribution in [0.25, 0.3) is 17.1 Å². The van der Waals surface area contributed by atoms with Crippen molar-refractivity contribution in [3.05, 3.63) is 89.0 Å². The van der Waals surface area contributed by atoms with Crippen LogP contribution >= 0.6 is 11.8 Å². The molecule has 0 aliphatic carbocycles. The number of hydrogen-bond donors (Lipinski definition) is 1. The summed E-state index contributed by atoms with van der Waals surface area (Å²) >= 11 is 1.23. The normalized spacial score (nSPS) is 10.6. The van der Waals surface area contributed by atoms with Crippen molar-refractivity contribution >= 4 is 29.0 Å². The van der Waals surface area contributed by atoms with Crippen LogP contribution in [0.2, 0.25) is 0 Å². The third kappa shape index (κ3) is 5.01. The van der Waals surface area contributed by atoms with E-state index in [4.69, 9.17) is 4.74 Å². The van der Waals surface area contributed by atoms with E-state index in [0.717, 1.165) is 11.3 Å². The van der Waals surface area contributed by atoms with Crippen LogP contribution in [0.1, 0.15) is 0 Å². The molecular weight excluding hydrogens is 442 g/mol. The first-order valence-corrected chi connectivity index (χ1v) is 10.9. The Labute approximate surface area is 193 Å². The van der Waals surface area contributed by atoms with Gasteiger partial charge in [0.15, 0.2) is 11.0 Å². The Morgan fingerprint density at radius 3 is 2.42 bits per heavy atom. The van der Waals surface area contributed by atoms with Crippen LogP contribution in [0.15, 0.2) is 84.0 Å². The Hall–Kier alpha value is -4.18. The largest absolute Gasteiger partial charge is 0.496 e. The molecule has 1 N–H and O–H groups in total. The fourth-order valence-electron chi connectivity index (χ4n) is 3.17. The lowest BCUT2D eigenvalue weighted by molar-refractivity contribution is -0.384. The van der Waals surface area contributed by atoms with E-state index in [0.29, 0.717) is 22.4 Å². The van der Waals surface area contributed by atoms with E-state index in [9.17, 15) is 14.9 Å². The van der Waals surface area contributed by atoms with Crippen molar-refractivity contribution in [3.8, 4) is 22.8 Å². The number of nitro benzene ring substituents is 1. The van der Waals surface area contributed by atoms with Gasteiger partial charge in [-0.05, 0) is 36.4 Å². The van der Waals surface area contributed by atoms with Gasteiger partial charge < -0.3 is 10.1 Å². The molecule has 3 aromatic carbocycles. The second-order valence-electron chi connectivity index (χ2n) is 6.82. The first-order valence-electron chi connectivity index (χ1n) is 9.88. The van der Waals surface area contributed by atoms with E-state index >= 15 is 0 Å². The molecule has 4 aromatic rings. The maximum absolute atomic E-state index is 12.5. The molecule has 0 atom stereocenters. The molecule has 10 heteroatoms. The zero-order valence-electron chi connectivity index (χ0n) is 17.5. The third-order valence-electron chi connectivity index (χ3n) is 4.69. The van der Waals surface area contributed by atoms with E-state index in [1.807, 2.05) is 59.2 Å². The van der Waals surface area contributed by atoms with Crippen LogP contribution in [0, 0.1) is 10.1 Å². The average Bonchev–Trinajstić information content (AvgIpc) is 3.27. The number of non-ortho nitro benzene ring substituents is 1. The zero-order valence-corrected chi connectivity index (χ0v) is 18.4. The fourth-order valence-corrected chi connectivity index (χ4v) is 3.92. The number of benzene rings is 3. The van der Waals surface area contributed by atoms with Gasteiger partial charge in [0.05, 0.1) is 23.3 Å². The van der Waals surface area contributed by atoms with Crippen molar-refractivity contribution in [3.63, 3.8) is 0 Å². The van der Waals surface area contributed by atoms with E-state index in [-0.39, 0.29) is 17.3 Å². The number of amides is 1. The Kier molecular flexibility index (Phi) is 6.65. The quantitative estimate of drug-likeness (QED) is 0.232. The van der Waals surface area contributed by atoms with Crippen LogP contribution in [0.5, 0.6) is 5.75 Å². The van der Waals surface area contributed by atoms with Gasteiger partial charge in [0, 0.05) is 23.5 Å². The molecule has 0 fully saturated rings. The summed E-state index contributed by atoms with van der Waals surface area (Å²) in [6.07, 6.45) is 0. The van der Waals surface area contributed by atoms with Gasteiger partial charge in [0.2, 0.25) is 5.91 Å². The summed E-state index contributed by atoms with van der Waals surface area (Å²) < 4.78 is 7.37. The molecule has 1 amide bonds. The van der Waals surface area contributed by atoms with Crippen LogP contribution in [0.4, 0.5) is 11.4 Å². The Morgan fingerprint density at radius 2 is 1.73 bits per heavy atom.